The third-order valence-corrected chi connectivity index (χ3v) is 8.16. The second kappa shape index (κ2) is 18.0. The van der Waals surface area contributed by atoms with Gasteiger partial charge < -0.3 is 105 Å². The number of aldehydes is 1. The molecule has 3 fully saturated rings. The molecule has 0 aromatic rings. The number of ether oxygens (including phenoxy) is 6. The van der Waals surface area contributed by atoms with Gasteiger partial charge in [0, 0.05) is 6.92 Å². The summed E-state index contributed by atoms with van der Waals surface area (Å²) in [4.78, 5) is 23.0. The molecule has 0 aromatic heterocycles. The molecule has 0 aromatic carbocycles. The van der Waals surface area contributed by atoms with Gasteiger partial charge >= 0.3 is 0 Å². The van der Waals surface area contributed by atoms with Crippen molar-refractivity contribution >= 4 is 12.2 Å². The molecule has 0 radical (unpaired) electrons. The van der Waals surface area contributed by atoms with Gasteiger partial charge in [-0.25, -0.2) is 0 Å². The van der Waals surface area contributed by atoms with Gasteiger partial charge in [0.05, 0.1) is 26.4 Å². The van der Waals surface area contributed by atoms with Gasteiger partial charge in [-0.1, -0.05) is 0 Å². The minimum absolute atomic E-state index is 0.101. The highest BCUT2D eigenvalue weighted by Gasteiger charge is 2.54. The van der Waals surface area contributed by atoms with Crippen LogP contribution in [0.25, 0.3) is 0 Å². The molecule has 48 heavy (non-hydrogen) atoms. The minimum Gasteiger partial charge on any atom is -0.394 e. The molecule has 0 spiro atoms. The molecule has 3 heterocycles. The quantitative estimate of drug-likeness (QED) is 0.0702. The average molecular weight is 708 g/mol. The average Bonchev–Trinajstić information content (AvgIpc) is 3.07. The number of hydrogen-bond acceptors (Lipinski definition) is 21. The SMILES string of the molecule is CC(=O)N[C@@H](C=O)[C@@H](O)[C@H](O[C@@H]1O[C@H](CO)[C@@H](O)[C@H](O[C@H]2O[C@H](CO)[C@@H](O)[C@H](O)[C@@H]2O[C@H]2O[C@H](CO)[C@@H](O)[C@H](O)[C@@H]2O)[C@@H]1O)[C@H](O)CO. The number of hydrogen-bond donors (Lipinski definition) is 14. The Kier molecular flexibility index (Phi) is 15.3. The largest absolute Gasteiger partial charge is 0.394 e. The van der Waals surface area contributed by atoms with Crippen LogP contribution in [-0.2, 0) is 38.0 Å². The third-order valence-electron chi connectivity index (χ3n) is 8.16. The van der Waals surface area contributed by atoms with Crippen LogP contribution in [0.2, 0.25) is 0 Å². The van der Waals surface area contributed by atoms with Crippen molar-refractivity contribution < 1.29 is 104 Å². The molecule has 22 heteroatoms. The standard InChI is InChI=1S/C26H45NO21/c1-7(33)27-8(2-28)13(35)21(9(34)3-29)46-25-20(42)22(16(38)12(6-32)44-25)47-26-23(18(40)15(37)11(5-31)45-26)48-24-19(41)17(39)14(36)10(4-30)43-24/h2,8-26,29-32,34-42H,3-6H2,1H3,(H,27,33)/t8-,9+,10+,11+,12+,13+,14+,15+,16+,17-,18-,19-,20-,21+,22-,23-,24+,25-,26+/m0/s1. The zero-order chi connectivity index (χ0) is 36.0. The molecule has 22 nitrogen and oxygen atoms in total. The van der Waals surface area contributed by atoms with E-state index in [4.69, 9.17) is 28.4 Å². The second-order valence-corrected chi connectivity index (χ2v) is 11.5. The van der Waals surface area contributed by atoms with Gasteiger partial charge in [0.25, 0.3) is 0 Å². The Balaban J connectivity index is 1.91. The van der Waals surface area contributed by atoms with Crippen molar-refractivity contribution in [2.24, 2.45) is 0 Å². The van der Waals surface area contributed by atoms with Crippen LogP contribution in [0.15, 0.2) is 0 Å². The van der Waals surface area contributed by atoms with E-state index >= 15 is 0 Å². The second-order valence-electron chi connectivity index (χ2n) is 11.5. The lowest BCUT2D eigenvalue weighted by molar-refractivity contribution is -0.392. The predicted octanol–water partition coefficient (Wildman–Crippen LogP) is -9.76. The first-order valence-electron chi connectivity index (χ1n) is 14.9. The first kappa shape index (κ1) is 40.8. The van der Waals surface area contributed by atoms with E-state index in [2.05, 4.69) is 5.32 Å². The van der Waals surface area contributed by atoms with Crippen molar-refractivity contribution in [3.63, 3.8) is 0 Å². The van der Waals surface area contributed by atoms with Crippen LogP contribution in [0, 0.1) is 0 Å². The molecule has 0 aliphatic carbocycles. The molecule has 3 aliphatic rings. The molecule has 0 bridgehead atoms. The van der Waals surface area contributed by atoms with E-state index in [0.717, 1.165) is 6.92 Å². The summed E-state index contributed by atoms with van der Waals surface area (Å²) in [6.45, 7) is -2.79. The molecular formula is C26H45NO21. The third kappa shape index (κ3) is 8.99. The van der Waals surface area contributed by atoms with Crippen LogP contribution in [0.1, 0.15) is 6.92 Å². The van der Waals surface area contributed by atoms with Gasteiger partial charge in [-0.3, -0.25) is 4.79 Å². The summed E-state index contributed by atoms with van der Waals surface area (Å²) in [5.41, 5.74) is 0. The zero-order valence-electron chi connectivity index (χ0n) is 25.5. The smallest absolute Gasteiger partial charge is 0.217 e. The lowest BCUT2D eigenvalue weighted by Crippen LogP contribution is -2.67. The van der Waals surface area contributed by atoms with E-state index in [-0.39, 0.29) is 6.29 Å². The fourth-order valence-electron chi connectivity index (χ4n) is 5.42. The maximum Gasteiger partial charge on any atom is 0.217 e. The topological polar surface area (TPSA) is 365 Å². The molecule has 0 unspecified atom stereocenters. The van der Waals surface area contributed by atoms with Gasteiger partial charge in [-0.05, 0) is 0 Å². The molecule has 14 N–H and O–H groups in total. The number of nitrogens with one attached hydrogen (secondary N) is 1. The maximum atomic E-state index is 11.5. The summed E-state index contributed by atoms with van der Waals surface area (Å²) in [6.07, 6.45) is -34.2. The molecule has 3 aliphatic heterocycles. The van der Waals surface area contributed by atoms with Crippen molar-refractivity contribution in [3.8, 4) is 0 Å². The summed E-state index contributed by atoms with van der Waals surface area (Å²) in [6, 6.07) is -1.69. The van der Waals surface area contributed by atoms with E-state index < -0.39 is 149 Å². The van der Waals surface area contributed by atoms with Crippen LogP contribution >= 0.6 is 0 Å². The van der Waals surface area contributed by atoms with Crippen molar-refractivity contribution in [1.29, 1.82) is 0 Å². The number of carbonyl (C=O) groups is 2. The number of carbonyl (C=O) groups excluding carboxylic acids is 2. The summed E-state index contributed by atoms with van der Waals surface area (Å²) in [5.74, 6) is -0.768. The Morgan fingerprint density at radius 3 is 1.71 bits per heavy atom. The monoisotopic (exact) mass is 707 g/mol. The van der Waals surface area contributed by atoms with Crippen molar-refractivity contribution in [3.05, 3.63) is 0 Å². The van der Waals surface area contributed by atoms with Crippen LogP contribution in [-0.4, -0.2) is 221 Å². The Bertz CT molecular complexity index is 1010. The Morgan fingerprint density at radius 2 is 1.19 bits per heavy atom. The van der Waals surface area contributed by atoms with Gasteiger partial charge in [-0.2, -0.15) is 0 Å². The highest BCUT2D eigenvalue weighted by Crippen LogP contribution is 2.33. The summed E-state index contributed by atoms with van der Waals surface area (Å²) in [7, 11) is 0. The zero-order valence-corrected chi connectivity index (χ0v) is 25.5. The van der Waals surface area contributed by atoms with Crippen LogP contribution in [0.3, 0.4) is 0 Å². The van der Waals surface area contributed by atoms with E-state index in [0.29, 0.717) is 0 Å². The van der Waals surface area contributed by atoms with Gasteiger partial charge in [0.15, 0.2) is 18.9 Å². The first-order valence-corrected chi connectivity index (χ1v) is 14.9. The Hall–Kier alpha value is -1.62. The van der Waals surface area contributed by atoms with Crippen LogP contribution < -0.4 is 5.32 Å². The first-order chi connectivity index (χ1) is 22.6. The van der Waals surface area contributed by atoms with Crippen LogP contribution in [0.4, 0.5) is 0 Å². The number of rotatable bonds is 15. The lowest BCUT2D eigenvalue weighted by Gasteiger charge is -2.48. The minimum atomic E-state index is -2.16. The van der Waals surface area contributed by atoms with Gasteiger partial charge in [0.1, 0.15) is 104 Å². The van der Waals surface area contributed by atoms with Crippen molar-refractivity contribution in [2.75, 3.05) is 26.4 Å². The molecular weight excluding hydrogens is 662 g/mol. The molecule has 1 amide bonds. The Morgan fingerprint density at radius 1 is 0.688 bits per heavy atom. The molecule has 3 saturated heterocycles. The fraction of sp³-hybridized carbons (Fsp3) is 0.923. The van der Waals surface area contributed by atoms with E-state index in [1.54, 1.807) is 0 Å². The van der Waals surface area contributed by atoms with E-state index in [1.807, 2.05) is 0 Å². The number of aliphatic hydroxyl groups excluding tert-OH is 13. The number of aliphatic hydroxyl groups is 13. The lowest BCUT2D eigenvalue weighted by atomic mass is 9.96. The van der Waals surface area contributed by atoms with Gasteiger partial charge in [0.2, 0.25) is 5.91 Å². The number of amides is 1. The van der Waals surface area contributed by atoms with Crippen molar-refractivity contribution in [1.82, 2.24) is 5.32 Å². The highest BCUT2D eigenvalue weighted by atomic mass is 16.8. The molecule has 3 rings (SSSR count). The highest BCUT2D eigenvalue weighted by molar-refractivity contribution is 5.77. The summed E-state index contributed by atoms with van der Waals surface area (Å²) in [5, 5.41) is 136. The van der Waals surface area contributed by atoms with E-state index in [1.165, 1.54) is 0 Å². The Labute approximate surface area is 272 Å². The normalized spacial score (nSPS) is 43.2. The predicted molar refractivity (Wildman–Crippen MR) is 147 cm³/mol. The van der Waals surface area contributed by atoms with E-state index in [9.17, 15) is 76.0 Å². The summed E-state index contributed by atoms with van der Waals surface area (Å²) >= 11 is 0. The van der Waals surface area contributed by atoms with Crippen molar-refractivity contribution in [2.45, 2.75) is 123 Å². The fourth-order valence-corrected chi connectivity index (χ4v) is 5.42. The summed E-state index contributed by atoms with van der Waals surface area (Å²) < 4.78 is 32.9. The molecule has 280 valence electrons. The van der Waals surface area contributed by atoms with Crippen LogP contribution in [0.5, 0.6) is 0 Å². The maximum absolute atomic E-state index is 11.5. The molecule has 0 saturated carbocycles. The molecule has 19 atom stereocenters. The van der Waals surface area contributed by atoms with Gasteiger partial charge in [-0.15, -0.1) is 0 Å².